The molecule has 0 saturated carbocycles. The highest BCUT2D eigenvalue weighted by Gasteiger charge is 2.47. The first-order valence-electron chi connectivity index (χ1n) is 8.55. The van der Waals surface area contributed by atoms with E-state index >= 15 is 0 Å². The average molecular weight is 321 g/mol. The van der Waals surface area contributed by atoms with Gasteiger partial charge in [-0.1, -0.05) is 62.5 Å². The fourth-order valence-corrected chi connectivity index (χ4v) is 7.27. The average Bonchev–Trinajstić information content (AvgIpc) is 3.08. The second-order valence-electron chi connectivity index (χ2n) is 7.62. The molecule has 2 heteroatoms. The molecule has 3 unspecified atom stereocenters. The number of aliphatic imine (C=N–C) groups is 1. The molecule has 2 aliphatic rings. The predicted molar refractivity (Wildman–Crippen MR) is 102 cm³/mol. The summed E-state index contributed by atoms with van der Waals surface area (Å²) in [4.78, 5) is 5.20. The smallest absolute Gasteiger partial charge is 0.0527 e. The Bertz CT molecular complexity index is 742. The maximum atomic E-state index is 5.20. The quantitative estimate of drug-likeness (QED) is 0.659. The van der Waals surface area contributed by atoms with Gasteiger partial charge in [0.1, 0.15) is 0 Å². The minimum atomic E-state index is -0.150. The van der Waals surface area contributed by atoms with Gasteiger partial charge in [0.2, 0.25) is 0 Å². The maximum Gasteiger partial charge on any atom is 0.0527 e. The second-order valence-corrected chi connectivity index (χ2v) is 10.1. The van der Waals surface area contributed by atoms with Crippen LogP contribution < -0.4 is 5.30 Å². The van der Waals surface area contributed by atoms with Crippen molar-refractivity contribution in [3.63, 3.8) is 0 Å². The Labute approximate surface area is 140 Å². The van der Waals surface area contributed by atoms with Gasteiger partial charge in [0.15, 0.2) is 0 Å². The Kier molecular flexibility index (Phi) is 3.65. The summed E-state index contributed by atoms with van der Waals surface area (Å²) in [5, 5.41) is 1.55. The fourth-order valence-electron chi connectivity index (χ4n) is 4.07. The van der Waals surface area contributed by atoms with Gasteiger partial charge in [-0.3, -0.25) is 4.99 Å². The molecule has 0 bridgehead atoms. The number of nitrogens with zero attached hydrogens (tertiary/aromatic N) is 1. The van der Waals surface area contributed by atoms with Gasteiger partial charge in [-0.05, 0) is 55.7 Å². The summed E-state index contributed by atoms with van der Waals surface area (Å²) < 4.78 is 0. The van der Waals surface area contributed by atoms with Gasteiger partial charge in [-0.2, -0.15) is 0 Å². The van der Waals surface area contributed by atoms with E-state index in [1.54, 1.807) is 10.9 Å². The Hall–Kier alpha value is -1.46. The van der Waals surface area contributed by atoms with Crippen LogP contribution in [0.15, 0.2) is 59.6 Å². The van der Waals surface area contributed by atoms with Crippen molar-refractivity contribution in [2.75, 3.05) is 6.16 Å². The van der Waals surface area contributed by atoms with Crippen LogP contribution in [0.25, 0.3) is 0 Å². The van der Waals surface area contributed by atoms with E-state index in [0.29, 0.717) is 11.6 Å². The number of hydrogen-bond donors (Lipinski definition) is 0. The lowest BCUT2D eigenvalue weighted by Crippen LogP contribution is -2.23. The SMILES string of the molecule is CC(C)(C)N=C1c2ccccc2C2CCP(c3ccccc3)C12. The summed E-state index contributed by atoms with van der Waals surface area (Å²) in [5.74, 6) is 0.679. The molecule has 2 aromatic rings. The molecule has 1 nitrogen and oxygen atoms in total. The molecular formula is C21H24NP. The standard InChI is InChI=1S/C21H24NP/c1-21(2,3)22-19-17-12-8-7-11-16(17)18-13-14-23(20(18)19)15-9-5-4-6-10-15/h4-12,18,20H,13-14H2,1-3H3. The summed E-state index contributed by atoms with van der Waals surface area (Å²) in [6.45, 7) is 6.65. The molecule has 0 spiro atoms. The van der Waals surface area contributed by atoms with E-state index in [0.717, 1.165) is 0 Å². The van der Waals surface area contributed by atoms with Gasteiger partial charge >= 0.3 is 0 Å². The lowest BCUT2D eigenvalue weighted by Gasteiger charge is -2.24. The molecule has 1 aliphatic carbocycles. The fraction of sp³-hybridized carbons (Fsp3) is 0.381. The summed E-state index contributed by atoms with van der Waals surface area (Å²) >= 11 is 0. The molecular weight excluding hydrogens is 297 g/mol. The maximum absolute atomic E-state index is 5.20. The zero-order valence-corrected chi connectivity index (χ0v) is 15.1. The zero-order chi connectivity index (χ0) is 16.0. The zero-order valence-electron chi connectivity index (χ0n) is 14.2. The van der Waals surface area contributed by atoms with Crippen molar-refractivity contribution in [3.8, 4) is 0 Å². The minimum absolute atomic E-state index is 0.0163. The lowest BCUT2D eigenvalue weighted by atomic mass is 9.99. The highest BCUT2D eigenvalue weighted by molar-refractivity contribution is 7.67. The molecule has 1 fully saturated rings. The Morgan fingerprint density at radius 3 is 2.39 bits per heavy atom. The van der Waals surface area contributed by atoms with E-state index in [2.05, 4.69) is 75.4 Å². The molecule has 23 heavy (non-hydrogen) atoms. The third kappa shape index (κ3) is 2.66. The lowest BCUT2D eigenvalue weighted by molar-refractivity contribution is 0.582. The van der Waals surface area contributed by atoms with E-state index in [1.165, 1.54) is 23.9 Å². The highest BCUT2D eigenvalue weighted by Crippen LogP contribution is 2.60. The molecule has 0 aromatic heterocycles. The molecule has 1 saturated heterocycles. The predicted octanol–water partition coefficient (Wildman–Crippen LogP) is 4.95. The van der Waals surface area contributed by atoms with Crippen molar-refractivity contribution in [2.24, 2.45) is 4.99 Å². The topological polar surface area (TPSA) is 12.4 Å². The van der Waals surface area contributed by atoms with Crippen LogP contribution in [0.1, 0.15) is 44.2 Å². The van der Waals surface area contributed by atoms with E-state index in [4.69, 9.17) is 4.99 Å². The Morgan fingerprint density at radius 1 is 0.957 bits per heavy atom. The number of hydrogen-bond acceptors (Lipinski definition) is 1. The van der Waals surface area contributed by atoms with E-state index in [-0.39, 0.29) is 13.5 Å². The molecule has 1 aliphatic heterocycles. The van der Waals surface area contributed by atoms with Crippen molar-refractivity contribution in [1.82, 2.24) is 0 Å². The second kappa shape index (κ2) is 5.56. The summed E-state index contributed by atoms with van der Waals surface area (Å²) in [7, 11) is -0.150. The first-order chi connectivity index (χ1) is 11.0. The molecule has 3 atom stereocenters. The van der Waals surface area contributed by atoms with Crippen LogP contribution in [0.4, 0.5) is 0 Å². The van der Waals surface area contributed by atoms with Crippen molar-refractivity contribution < 1.29 is 0 Å². The molecule has 0 radical (unpaired) electrons. The molecule has 1 heterocycles. The van der Waals surface area contributed by atoms with Gasteiger partial charge in [-0.25, -0.2) is 0 Å². The van der Waals surface area contributed by atoms with E-state index in [9.17, 15) is 0 Å². The first kappa shape index (κ1) is 15.1. The van der Waals surface area contributed by atoms with Gasteiger partial charge in [0, 0.05) is 5.66 Å². The summed E-state index contributed by atoms with van der Waals surface area (Å²) in [5.41, 5.74) is 4.94. The molecule has 118 valence electrons. The van der Waals surface area contributed by atoms with Gasteiger partial charge in [0.05, 0.1) is 11.3 Å². The molecule has 0 amide bonds. The molecule has 2 aromatic carbocycles. The molecule has 0 N–H and O–H groups in total. The molecule has 4 rings (SSSR count). The van der Waals surface area contributed by atoms with Crippen LogP contribution in [0, 0.1) is 0 Å². The number of benzene rings is 2. The number of fused-ring (bicyclic) bond motifs is 3. The van der Waals surface area contributed by atoms with Crippen LogP contribution in [0.3, 0.4) is 0 Å². The highest BCUT2D eigenvalue weighted by atomic mass is 31.1. The monoisotopic (exact) mass is 321 g/mol. The largest absolute Gasteiger partial charge is 0.283 e. The van der Waals surface area contributed by atoms with Crippen LogP contribution in [0.5, 0.6) is 0 Å². The van der Waals surface area contributed by atoms with Gasteiger partial charge in [0.25, 0.3) is 0 Å². The van der Waals surface area contributed by atoms with Crippen molar-refractivity contribution in [1.29, 1.82) is 0 Å². The minimum Gasteiger partial charge on any atom is -0.283 e. The van der Waals surface area contributed by atoms with E-state index < -0.39 is 0 Å². The van der Waals surface area contributed by atoms with Crippen LogP contribution in [-0.2, 0) is 0 Å². The van der Waals surface area contributed by atoms with Gasteiger partial charge < -0.3 is 0 Å². The Morgan fingerprint density at radius 2 is 1.65 bits per heavy atom. The van der Waals surface area contributed by atoms with E-state index in [1.807, 2.05) is 0 Å². The summed E-state index contributed by atoms with van der Waals surface area (Å²) in [6.07, 6.45) is 2.65. The summed E-state index contributed by atoms with van der Waals surface area (Å²) in [6, 6.07) is 20.1. The Balaban J connectivity index is 1.84. The van der Waals surface area contributed by atoms with Crippen LogP contribution in [0.2, 0.25) is 0 Å². The van der Waals surface area contributed by atoms with Crippen molar-refractivity contribution in [2.45, 2.75) is 44.3 Å². The third-order valence-corrected chi connectivity index (χ3v) is 7.84. The first-order valence-corrected chi connectivity index (χ1v) is 10.1. The van der Waals surface area contributed by atoms with Crippen molar-refractivity contribution >= 4 is 18.9 Å². The van der Waals surface area contributed by atoms with Gasteiger partial charge in [-0.15, -0.1) is 0 Å². The van der Waals surface area contributed by atoms with Crippen LogP contribution in [-0.4, -0.2) is 23.1 Å². The van der Waals surface area contributed by atoms with Crippen LogP contribution >= 0.6 is 7.92 Å². The normalized spacial score (nSPS) is 28.0. The third-order valence-electron chi connectivity index (χ3n) is 4.86. The number of rotatable bonds is 1. The van der Waals surface area contributed by atoms with Crippen molar-refractivity contribution in [3.05, 3.63) is 65.7 Å².